The van der Waals surface area contributed by atoms with Crippen LogP contribution in [0.5, 0.6) is 0 Å². The van der Waals surface area contributed by atoms with Crippen molar-refractivity contribution in [1.29, 1.82) is 0 Å². The minimum atomic E-state index is -4.52. The van der Waals surface area contributed by atoms with Crippen LogP contribution in [0, 0.1) is 6.92 Å². The van der Waals surface area contributed by atoms with E-state index in [0.717, 1.165) is 6.08 Å². The van der Waals surface area contributed by atoms with Crippen molar-refractivity contribution in [1.82, 2.24) is 15.8 Å². The molecule has 0 saturated carbocycles. The molecule has 12 heteroatoms. The fourth-order valence-corrected chi connectivity index (χ4v) is 2.79. The maximum absolute atomic E-state index is 12.7. The Morgan fingerprint density at radius 2 is 1.85 bits per heavy atom. The Morgan fingerprint density at radius 1 is 1.33 bits per heavy atom. The third-order valence-corrected chi connectivity index (χ3v) is 4.28. The molecule has 0 aromatic heterocycles. The van der Waals surface area contributed by atoms with Crippen LogP contribution in [-0.4, -0.2) is 43.0 Å². The number of carbonyl (C=O) groups excluding carboxylic acids is 2. The number of nitrogens with two attached hydrogens (primary N) is 1. The van der Waals surface area contributed by atoms with Gasteiger partial charge in [-0.05, 0) is 44.5 Å². The molecule has 0 spiro atoms. The van der Waals surface area contributed by atoms with Crippen LogP contribution in [0.3, 0.4) is 0 Å². The molecule has 0 bridgehead atoms. The monoisotopic (exact) mass is 553 g/mol. The number of anilines is 1. The number of hydrazine groups is 1. The Kier molecular flexibility index (Phi) is 12.9. The van der Waals surface area contributed by atoms with E-state index in [1.165, 1.54) is 17.2 Å². The van der Waals surface area contributed by atoms with Crippen molar-refractivity contribution < 1.29 is 22.8 Å². The van der Waals surface area contributed by atoms with Crippen LogP contribution < -0.4 is 21.9 Å². The molecule has 7 nitrogen and oxygen atoms in total. The number of carbonyl (C=O) groups is 2. The lowest BCUT2D eigenvalue weighted by atomic mass is 10.1. The molecule has 184 valence electrons. The van der Waals surface area contributed by atoms with Crippen molar-refractivity contribution in [2.75, 3.05) is 19.4 Å². The van der Waals surface area contributed by atoms with Gasteiger partial charge in [-0.1, -0.05) is 33.6 Å². The van der Waals surface area contributed by atoms with E-state index >= 15 is 0 Å². The molecule has 0 radical (unpaired) electrons. The highest BCUT2D eigenvalue weighted by molar-refractivity contribution is 9.10. The first-order valence-corrected chi connectivity index (χ1v) is 10.6. The molecule has 0 aliphatic carbocycles. The lowest BCUT2D eigenvalue weighted by molar-refractivity contribution is -0.144. The third-order valence-electron chi connectivity index (χ3n) is 3.70. The van der Waals surface area contributed by atoms with Crippen LogP contribution >= 0.6 is 27.5 Å². The summed E-state index contributed by atoms with van der Waals surface area (Å²) in [5.74, 6) is -1.13. The largest absolute Gasteiger partial charge is 0.409 e. The summed E-state index contributed by atoms with van der Waals surface area (Å²) >= 11 is 8.48. The van der Waals surface area contributed by atoms with Crippen LogP contribution in [-0.2, 0) is 4.79 Å². The SMILES string of the molecule is C/C(Cl)=C\N.C=CC.Cc1cc(Br)cc(C(=O)N(C)C)c1NC(=O)C1=CC(C(F)(F)F)NN1. The summed E-state index contributed by atoms with van der Waals surface area (Å²) < 4.78 is 38.6. The topological polar surface area (TPSA) is 99.5 Å². The van der Waals surface area contributed by atoms with Gasteiger partial charge in [0, 0.05) is 29.8 Å². The van der Waals surface area contributed by atoms with Crippen molar-refractivity contribution in [2.24, 2.45) is 5.73 Å². The lowest BCUT2D eigenvalue weighted by Crippen LogP contribution is -2.42. The van der Waals surface area contributed by atoms with Gasteiger partial charge < -0.3 is 21.4 Å². The fourth-order valence-electron chi connectivity index (χ4n) is 2.21. The standard InChI is InChI=1S/C15H16BrF3N4O2.C3H6ClN.C3H6/c1-7-4-8(16)5-9(14(25)23(2)3)12(7)20-13(24)10-6-11(22-21-10)15(17,18)19;1-3(4)2-5;1-3-2/h4-6,11,21-22H,1-3H3,(H,20,24);2H,5H2,1H3;3H,1H2,2H3/b;3-2+;. The Labute approximate surface area is 205 Å². The molecule has 1 aliphatic rings. The van der Waals surface area contributed by atoms with Gasteiger partial charge in [0.1, 0.15) is 11.7 Å². The van der Waals surface area contributed by atoms with Crippen molar-refractivity contribution in [3.05, 3.63) is 63.4 Å². The average Bonchev–Trinajstić information content (AvgIpc) is 3.21. The van der Waals surface area contributed by atoms with Gasteiger partial charge in [0.05, 0.1) is 11.3 Å². The van der Waals surface area contributed by atoms with Gasteiger partial charge in [-0.25, -0.2) is 5.43 Å². The van der Waals surface area contributed by atoms with E-state index in [4.69, 9.17) is 17.3 Å². The Hall–Kier alpha value is -2.50. The van der Waals surface area contributed by atoms with Crippen LogP contribution in [0.2, 0.25) is 0 Å². The zero-order valence-corrected chi connectivity index (χ0v) is 21.2. The molecule has 0 fully saturated rings. The first-order valence-electron chi connectivity index (χ1n) is 9.43. The van der Waals surface area contributed by atoms with Crippen LogP contribution in [0.15, 0.2) is 52.3 Å². The highest BCUT2D eigenvalue weighted by Gasteiger charge is 2.41. The zero-order chi connectivity index (χ0) is 25.9. The van der Waals surface area contributed by atoms with E-state index in [-0.39, 0.29) is 22.9 Å². The maximum Gasteiger partial charge on any atom is 0.409 e. The molecular weight excluding hydrogens is 527 g/mol. The third kappa shape index (κ3) is 10.3. The summed E-state index contributed by atoms with van der Waals surface area (Å²) in [5, 5.41) is 3.14. The highest BCUT2D eigenvalue weighted by Crippen LogP contribution is 2.28. The van der Waals surface area contributed by atoms with E-state index in [0.29, 0.717) is 15.1 Å². The maximum atomic E-state index is 12.7. The van der Waals surface area contributed by atoms with Crippen LogP contribution in [0.4, 0.5) is 18.9 Å². The normalized spacial score (nSPS) is 15.0. The molecule has 2 rings (SSSR count). The molecule has 5 N–H and O–H groups in total. The van der Waals surface area contributed by atoms with E-state index in [1.54, 1.807) is 40.1 Å². The predicted molar refractivity (Wildman–Crippen MR) is 129 cm³/mol. The number of nitrogens with one attached hydrogen (secondary N) is 3. The average molecular weight is 555 g/mol. The summed E-state index contributed by atoms with van der Waals surface area (Å²) in [6.07, 6.45) is -0.673. The molecule has 1 aliphatic heterocycles. The fraction of sp³-hybridized carbons (Fsp3) is 0.333. The van der Waals surface area contributed by atoms with Crippen molar-refractivity contribution in [2.45, 2.75) is 33.0 Å². The minimum Gasteiger partial charge on any atom is -0.404 e. The summed E-state index contributed by atoms with van der Waals surface area (Å²) in [4.78, 5) is 25.9. The number of aryl methyl sites for hydroxylation is 1. The van der Waals surface area contributed by atoms with Crippen LogP contribution in [0.25, 0.3) is 0 Å². The van der Waals surface area contributed by atoms with Gasteiger partial charge in [0.2, 0.25) is 0 Å². The molecule has 1 aromatic carbocycles. The molecule has 0 saturated heterocycles. The number of nitrogens with zero attached hydrogens (tertiary/aromatic N) is 1. The molecule has 1 atom stereocenters. The molecule has 1 heterocycles. The number of hydrogen-bond donors (Lipinski definition) is 4. The summed E-state index contributed by atoms with van der Waals surface area (Å²) in [6.45, 7) is 8.65. The lowest BCUT2D eigenvalue weighted by Gasteiger charge is -2.17. The Balaban J connectivity index is 0.00000111. The number of alkyl halides is 3. The van der Waals surface area contributed by atoms with E-state index < -0.39 is 18.1 Å². The Morgan fingerprint density at radius 3 is 2.24 bits per heavy atom. The second-order valence-corrected chi connectivity index (χ2v) is 8.34. The first kappa shape index (κ1) is 30.5. The van der Waals surface area contributed by atoms with E-state index in [2.05, 4.69) is 33.3 Å². The van der Waals surface area contributed by atoms with E-state index in [9.17, 15) is 22.8 Å². The van der Waals surface area contributed by atoms with Crippen LogP contribution in [0.1, 0.15) is 29.8 Å². The zero-order valence-electron chi connectivity index (χ0n) is 18.9. The molecule has 33 heavy (non-hydrogen) atoms. The molecule has 1 unspecified atom stereocenters. The number of halogens is 5. The van der Waals surface area contributed by atoms with Gasteiger partial charge in [-0.15, -0.1) is 6.58 Å². The predicted octanol–water partition coefficient (Wildman–Crippen LogP) is 4.56. The summed E-state index contributed by atoms with van der Waals surface area (Å²) in [7, 11) is 3.12. The van der Waals surface area contributed by atoms with Gasteiger partial charge in [-0.3, -0.25) is 9.59 Å². The number of benzene rings is 1. The van der Waals surface area contributed by atoms with Gasteiger partial charge in [-0.2, -0.15) is 13.2 Å². The summed E-state index contributed by atoms with van der Waals surface area (Å²) in [5.41, 5.74) is 9.85. The second kappa shape index (κ2) is 13.9. The molecule has 2 amide bonds. The van der Waals surface area contributed by atoms with Gasteiger partial charge in [0.15, 0.2) is 0 Å². The molecule has 1 aromatic rings. The number of rotatable bonds is 3. The van der Waals surface area contributed by atoms with Gasteiger partial charge >= 0.3 is 6.18 Å². The Bertz CT molecular complexity index is 914. The summed E-state index contributed by atoms with van der Waals surface area (Å²) in [6, 6.07) is 1.27. The highest BCUT2D eigenvalue weighted by atomic mass is 79.9. The minimum absolute atomic E-state index is 0.226. The number of allylic oxidation sites excluding steroid dienone is 2. The van der Waals surface area contributed by atoms with Crippen molar-refractivity contribution in [3.63, 3.8) is 0 Å². The molecular formula is C21H28BrClF3N5O2. The van der Waals surface area contributed by atoms with Gasteiger partial charge in [0.25, 0.3) is 11.8 Å². The number of hydrogen-bond acceptors (Lipinski definition) is 5. The second-order valence-electron chi connectivity index (χ2n) is 6.83. The smallest absolute Gasteiger partial charge is 0.404 e. The number of amides is 2. The van der Waals surface area contributed by atoms with Crippen molar-refractivity contribution >= 4 is 45.0 Å². The van der Waals surface area contributed by atoms with Crippen molar-refractivity contribution in [3.8, 4) is 0 Å². The first-order chi connectivity index (χ1) is 15.2. The quantitative estimate of drug-likeness (QED) is 0.411. The van der Waals surface area contributed by atoms with E-state index in [1.807, 2.05) is 12.3 Å².